The molecule has 0 aromatic carbocycles. The molecule has 216 valence electrons. The van der Waals surface area contributed by atoms with E-state index in [1.807, 2.05) is 0 Å². The van der Waals surface area contributed by atoms with E-state index in [2.05, 4.69) is 12.2 Å². The zero-order valence-corrected chi connectivity index (χ0v) is 24.5. The summed E-state index contributed by atoms with van der Waals surface area (Å²) in [6, 6.07) is -0.531. The molecule has 36 heavy (non-hydrogen) atoms. The van der Waals surface area contributed by atoms with Crippen LogP contribution in [-0.4, -0.2) is 34.9 Å². The Kier molecular flexibility index (Phi) is 28.5. The van der Waals surface area contributed by atoms with Crippen LogP contribution in [0.25, 0.3) is 0 Å². The van der Waals surface area contributed by atoms with Crippen LogP contribution in [0.1, 0.15) is 181 Å². The zero-order chi connectivity index (χ0) is 26.5. The van der Waals surface area contributed by atoms with Gasteiger partial charge in [0.1, 0.15) is 0 Å². The number of hydrogen-bond donors (Lipinski definition) is 3. The maximum absolute atomic E-state index is 11.1. The topological polar surface area (TPSA) is 69.6 Å². The summed E-state index contributed by atoms with van der Waals surface area (Å²) < 4.78 is 0. The van der Waals surface area contributed by atoms with E-state index >= 15 is 0 Å². The van der Waals surface area contributed by atoms with Gasteiger partial charge in [0.2, 0.25) is 5.91 Å². The Labute approximate surface area is 225 Å². The summed E-state index contributed by atoms with van der Waals surface area (Å²) in [6.07, 6.45) is 34.6. The van der Waals surface area contributed by atoms with Crippen molar-refractivity contribution in [2.24, 2.45) is 0 Å². The van der Waals surface area contributed by atoms with E-state index in [-0.39, 0.29) is 12.5 Å². The highest BCUT2D eigenvalue weighted by Crippen LogP contribution is 2.16. The van der Waals surface area contributed by atoms with Gasteiger partial charge in [-0.3, -0.25) is 4.79 Å². The lowest BCUT2D eigenvalue weighted by molar-refractivity contribution is -0.121. The first-order valence-electron chi connectivity index (χ1n) is 16.2. The monoisotopic (exact) mass is 511 g/mol. The van der Waals surface area contributed by atoms with E-state index in [4.69, 9.17) is 0 Å². The maximum Gasteiger partial charge on any atom is 0.217 e. The SMILES string of the molecule is CCCCCCCCCCCCCCCCCCCCCCCCCCCC(O)C(CO)NC(C)=O. The van der Waals surface area contributed by atoms with Crippen molar-refractivity contribution in [1.82, 2.24) is 5.32 Å². The number of carbonyl (C=O) groups excluding carboxylic acids is 1. The van der Waals surface area contributed by atoms with Gasteiger partial charge in [-0.15, -0.1) is 0 Å². The fourth-order valence-corrected chi connectivity index (χ4v) is 5.22. The second kappa shape index (κ2) is 29.0. The molecule has 0 spiro atoms. The number of rotatable bonds is 29. The molecule has 0 aromatic rings. The first-order valence-corrected chi connectivity index (χ1v) is 16.2. The number of unbranched alkanes of at least 4 members (excludes halogenated alkanes) is 24. The van der Waals surface area contributed by atoms with Gasteiger partial charge >= 0.3 is 0 Å². The molecule has 0 radical (unpaired) electrons. The van der Waals surface area contributed by atoms with Crippen LogP contribution in [0.4, 0.5) is 0 Å². The number of nitrogens with one attached hydrogen (secondary N) is 1. The highest BCUT2D eigenvalue weighted by atomic mass is 16.3. The highest BCUT2D eigenvalue weighted by molar-refractivity contribution is 5.73. The molecule has 0 heterocycles. The fourth-order valence-electron chi connectivity index (χ4n) is 5.22. The lowest BCUT2D eigenvalue weighted by Crippen LogP contribution is -2.44. The maximum atomic E-state index is 11.1. The molecule has 0 aliphatic carbocycles. The van der Waals surface area contributed by atoms with Crippen molar-refractivity contribution < 1.29 is 15.0 Å². The largest absolute Gasteiger partial charge is 0.394 e. The van der Waals surface area contributed by atoms with Crippen LogP contribution in [0.2, 0.25) is 0 Å². The molecule has 2 unspecified atom stereocenters. The standard InChI is InChI=1S/C32H65NO3/c1-3-4-5-6-7-8-9-10-11-12-13-14-15-16-17-18-19-20-21-22-23-24-25-26-27-28-32(36)31(29-34)33-30(2)35/h31-32,34,36H,3-29H2,1-2H3,(H,33,35). The number of hydrogen-bond acceptors (Lipinski definition) is 3. The average molecular weight is 512 g/mol. The van der Waals surface area contributed by atoms with E-state index < -0.39 is 12.1 Å². The summed E-state index contributed by atoms with van der Waals surface area (Å²) in [5.74, 6) is -0.206. The Balaban J connectivity index is 3.18. The fraction of sp³-hybridized carbons (Fsp3) is 0.969. The average Bonchev–Trinajstić information content (AvgIpc) is 2.87. The molecule has 0 saturated heterocycles. The van der Waals surface area contributed by atoms with Crippen LogP contribution in [0.5, 0.6) is 0 Å². The second-order valence-electron chi connectivity index (χ2n) is 11.3. The summed E-state index contributed by atoms with van der Waals surface area (Å²) in [7, 11) is 0. The summed E-state index contributed by atoms with van der Waals surface area (Å²) in [6.45, 7) is 3.50. The van der Waals surface area contributed by atoms with Crippen LogP contribution >= 0.6 is 0 Å². The van der Waals surface area contributed by atoms with Crippen LogP contribution < -0.4 is 5.32 Å². The van der Waals surface area contributed by atoms with Crippen LogP contribution in [0, 0.1) is 0 Å². The lowest BCUT2D eigenvalue weighted by Gasteiger charge is -2.21. The summed E-state index contributed by atoms with van der Waals surface area (Å²) in [5.41, 5.74) is 0. The minimum absolute atomic E-state index is 0.206. The normalized spacial score (nSPS) is 13.1. The van der Waals surface area contributed by atoms with Crippen molar-refractivity contribution in [2.45, 2.75) is 193 Å². The molecule has 3 N–H and O–H groups in total. The van der Waals surface area contributed by atoms with Crippen LogP contribution in [0.15, 0.2) is 0 Å². The molecule has 2 atom stereocenters. The van der Waals surface area contributed by atoms with Gasteiger partial charge in [0.25, 0.3) is 0 Å². The van der Waals surface area contributed by atoms with E-state index in [1.54, 1.807) is 0 Å². The van der Waals surface area contributed by atoms with E-state index in [9.17, 15) is 15.0 Å². The van der Waals surface area contributed by atoms with Gasteiger partial charge in [0.05, 0.1) is 18.8 Å². The summed E-state index contributed by atoms with van der Waals surface area (Å²) >= 11 is 0. The zero-order valence-electron chi connectivity index (χ0n) is 24.5. The Morgan fingerprint density at radius 1 is 0.556 bits per heavy atom. The van der Waals surface area contributed by atoms with Gasteiger partial charge in [-0.05, 0) is 6.42 Å². The van der Waals surface area contributed by atoms with E-state index in [1.165, 1.54) is 155 Å². The third kappa shape index (κ3) is 26.5. The molecule has 0 fully saturated rings. The Morgan fingerprint density at radius 2 is 0.833 bits per heavy atom. The molecule has 4 heteroatoms. The molecule has 0 aromatic heterocycles. The molecule has 4 nitrogen and oxygen atoms in total. The Hall–Kier alpha value is -0.610. The minimum Gasteiger partial charge on any atom is -0.394 e. The quantitative estimate of drug-likeness (QED) is 0.0877. The molecule has 0 saturated carbocycles. The van der Waals surface area contributed by atoms with Gasteiger partial charge < -0.3 is 15.5 Å². The summed E-state index contributed by atoms with van der Waals surface area (Å²) in [5, 5.41) is 21.9. The lowest BCUT2D eigenvalue weighted by atomic mass is 10.0. The number of aliphatic hydroxyl groups excluding tert-OH is 2. The Morgan fingerprint density at radius 3 is 1.08 bits per heavy atom. The van der Waals surface area contributed by atoms with Crippen molar-refractivity contribution in [2.75, 3.05) is 6.61 Å². The molecule has 0 aliphatic rings. The molecular weight excluding hydrogens is 446 g/mol. The van der Waals surface area contributed by atoms with Crippen molar-refractivity contribution in [3.63, 3.8) is 0 Å². The van der Waals surface area contributed by atoms with Gasteiger partial charge in [-0.2, -0.15) is 0 Å². The first kappa shape index (κ1) is 35.4. The second-order valence-corrected chi connectivity index (χ2v) is 11.3. The Bertz CT molecular complexity index is 443. The summed E-state index contributed by atoms with van der Waals surface area (Å²) in [4.78, 5) is 11.1. The van der Waals surface area contributed by atoms with Gasteiger partial charge in [0.15, 0.2) is 0 Å². The predicted molar refractivity (Wildman–Crippen MR) is 156 cm³/mol. The molecule has 1 amide bonds. The van der Waals surface area contributed by atoms with Crippen LogP contribution in [-0.2, 0) is 4.79 Å². The van der Waals surface area contributed by atoms with Gasteiger partial charge in [0, 0.05) is 6.92 Å². The highest BCUT2D eigenvalue weighted by Gasteiger charge is 2.18. The first-order chi connectivity index (χ1) is 17.6. The van der Waals surface area contributed by atoms with E-state index in [0.717, 1.165) is 12.8 Å². The van der Waals surface area contributed by atoms with Crippen molar-refractivity contribution >= 4 is 5.91 Å². The van der Waals surface area contributed by atoms with Gasteiger partial charge in [-0.1, -0.05) is 167 Å². The van der Waals surface area contributed by atoms with Crippen molar-refractivity contribution in [1.29, 1.82) is 0 Å². The van der Waals surface area contributed by atoms with Gasteiger partial charge in [-0.25, -0.2) is 0 Å². The third-order valence-electron chi connectivity index (χ3n) is 7.65. The van der Waals surface area contributed by atoms with Crippen molar-refractivity contribution in [3.8, 4) is 0 Å². The molecular formula is C32H65NO3. The minimum atomic E-state index is -0.650. The van der Waals surface area contributed by atoms with E-state index in [0.29, 0.717) is 6.42 Å². The number of aliphatic hydroxyl groups is 2. The molecule has 0 rings (SSSR count). The third-order valence-corrected chi connectivity index (χ3v) is 7.65. The predicted octanol–water partition coefficient (Wildman–Crippen LogP) is 9.01. The molecule has 0 bridgehead atoms. The number of carbonyl (C=O) groups is 1. The molecule has 0 aliphatic heterocycles. The van der Waals surface area contributed by atoms with Crippen molar-refractivity contribution in [3.05, 3.63) is 0 Å². The number of amides is 1. The van der Waals surface area contributed by atoms with Crippen LogP contribution in [0.3, 0.4) is 0 Å². The smallest absolute Gasteiger partial charge is 0.217 e.